The minimum Gasteiger partial charge on any atom is -0.464 e. The van der Waals surface area contributed by atoms with Crippen molar-refractivity contribution in [3.8, 4) is 0 Å². The largest absolute Gasteiger partial charge is 0.464 e. The molecule has 0 aromatic carbocycles. The van der Waals surface area contributed by atoms with E-state index in [2.05, 4.69) is 0 Å². The van der Waals surface area contributed by atoms with Crippen LogP contribution in [-0.2, 0) is 14.3 Å². The molecule has 1 aromatic rings. The third-order valence-electron chi connectivity index (χ3n) is 2.71. The molecule has 0 unspecified atom stereocenters. The quantitative estimate of drug-likeness (QED) is 0.618. The predicted molar refractivity (Wildman–Crippen MR) is 83.2 cm³/mol. The van der Waals surface area contributed by atoms with Gasteiger partial charge in [0.15, 0.2) is 0 Å². The fraction of sp³-hybridized carbons (Fsp3) is 0.308. The molecule has 1 atom stereocenters. The van der Waals surface area contributed by atoms with Crippen molar-refractivity contribution in [3.05, 3.63) is 26.3 Å². The Labute approximate surface area is 134 Å². The smallest absolute Gasteiger partial charge is 0.329 e. The van der Waals surface area contributed by atoms with E-state index in [1.54, 1.807) is 25.1 Å². The van der Waals surface area contributed by atoms with E-state index >= 15 is 0 Å². The maximum atomic E-state index is 12.3. The number of halogens is 1. The fourth-order valence-corrected chi connectivity index (χ4v) is 3.70. The van der Waals surface area contributed by atoms with Crippen molar-refractivity contribution in [2.45, 2.75) is 19.9 Å². The van der Waals surface area contributed by atoms with Crippen LogP contribution in [-0.4, -0.2) is 34.7 Å². The molecule has 1 aliphatic heterocycles. The number of ether oxygens (including phenoxy) is 1. The number of esters is 1. The minimum absolute atomic E-state index is 0.197. The summed E-state index contributed by atoms with van der Waals surface area (Å²) in [5, 5.41) is -0.477. The van der Waals surface area contributed by atoms with Gasteiger partial charge >= 0.3 is 5.97 Å². The van der Waals surface area contributed by atoms with E-state index in [-0.39, 0.29) is 11.5 Å². The number of rotatable bonds is 4. The van der Waals surface area contributed by atoms with Gasteiger partial charge in [-0.2, -0.15) is 0 Å². The molecule has 0 aliphatic carbocycles. The van der Waals surface area contributed by atoms with Crippen LogP contribution in [0.2, 0.25) is 4.34 Å². The summed E-state index contributed by atoms with van der Waals surface area (Å²) in [6.45, 7) is 3.33. The number of amides is 2. The number of carbonyl (C=O) groups excluding carboxylic acids is 3. The zero-order valence-electron chi connectivity index (χ0n) is 11.3. The lowest BCUT2D eigenvalue weighted by Crippen LogP contribution is -2.42. The van der Waals surface area contributed by atoms with Crippen molar-refractivity contribution in [1.29, 1.82) is 0 Å². The molecule has 2 rings (SSSR count). The number of hydrogen-bond donors (Lipinski definition) is 0. The van der Waals surface area contributed by atoms with Crippen LogP contribution in [0.15, 0.2) is 17.0 Å². The monoisotopic (exact) mass is 345 g/mol. The summed E-state index contributed by atoms with van der Waals surface area (Å²) in [5.74, 6) is -1.09. The van der Waals surface area contributed by atoms with Gasteiger partial charge in [0.1, 0.15) is 6.04 Å². The lowest BCUT2D eigenvalue weighted by Gasteiger charge is -2.19. The summed E-state index contributed by atoms with van der Waals surface area (Å²) in [4.78, 5) is 37.8. The van der Waals surface area contributed by atoms with Crippen molar-refractivity contribution in [3.63, 3.8) is 0 Å². The van der Waals surface area contributed by atoms with Gasteiger partial charge in [0.25, 0.3) is 11.1 Å². The zero-order valence-corrected chi connectivity index (χ0v) is 13.7. The normalized spacial score (nSPS) is 18.4. The van der Waals surface area contributed by atoms with Crippen LogP contribution >= 0.6 is 34.7 Å². The van der Waals surface area contributed by atoms with Gasteiger partial charge in [-0.25, -0.2) is 4.79 Å². The topological polar surface area (TPSA) is 63.7 Å². The number of thiophene rings is 1. The second kappa shape index (κ2) is 6.64. The molecule has 0 radical (unpaired) electrons. The molecular weight excluding hydrogens is 334 g/mol. The number of thioether (sulfide) groups is 1. The van der Waals surface area contributed by atoms with E-state index in [0.29, 0.717) is 4.34 Å². The Hall–Kier alpha value is -1.31. The first-order valence-electron chi connectivity index (χ1n) is 6.13. The maximum absolute atomic E-state index is 12.3. The second-order valence-corrected chi connectivity index (χ2v) is 6.86. The summed E-state index contributed by atoms with van der Waals surface area (Å²) in [6.07, 6.45) is 1.60. The van der Waals surface area contributed by atoms with E-state index in [9.17, 15) is 14.4 Å². The fourth-order valence-electron chi connectivity index (χ4n) is 1.72. The van der Waals surface area contributed by atoms with Gasteiger partial charge in [0.2, 0.25) is 0 Å². The summed E-state index contributed by atoms with van der Waals surface area (Å²) in [6, 6.07) is 2.54. The summed E-state index contributed by atoms with van der Waals surface area (Å²) in [7, 11) is 0. The number of carbonyl (C=O) groups is 3. The third-order valence-corrected chi connectivity index (χ3v) is 4.77. The summed E-state index contributed by atoms with van der Waals surface area (Å²) < 4.78 is 5.44. The van der Waals surface area contributed by atoms with E-state index < -0.39 is 23.2 Å². The lowest BCUT2D eigenvalue weighted by atomic mass is 10.3. The average molecular weight is 346 g/mol. The molecule has 21 heavy (non-hydrogen) atoms. The maximum Gasteiger partial charge on any atom is 0.329 e. The standard InChI is InChI=1S/C13H12ClNO4S2/c1-3-19-12(17)7(2)15-11(16)9(21-13(15)18)6-8-4-5-10(14)20-8/h4-7H,3H2,1-2H3/b9-6-/t7-/m1/s1. The van der Waals surface area contributed by atoms with Crippen LogP contribution in [0.1, 0.15) is 18.7 Å². The highest BCUT2D eigenvalue weighted by atomic mass is 35.5. The van der Waals surface area contributed by atoms with Gasteiger partial charge < -0.3 is 4.74 Å². The zero-order chi connectivity index (χ0) is 15.6. The molecular formula is C13H12ClNO4S2. The molecule has 8 heteroatoms. The Kier molecular flexibility index (Phi) is 5.08. The van der Waals surface area contributed by atoms with Crippen LogP contribution in [0.5, 0.6) is 0 Å². The van der Waals surface area contributed by atoms with Crippen molar-refractivity contribution < 1.29 is 19.1 Å². The molecule has 2 amide bonds. The molecule has 0 spiro atoms. The minimum atomic E-state index is -0.935. The molecule has 1 aliphatic rings. The van der Waals surface area contributed by atoms with Gasteiger partial charge in [0.05, 0.1) is 15.8 Å². The van der Waals surface area contributed by atoms with E-state index in [4.69, 9.17) is 16.3 Å². The first-order chi connectivity index (χ1) is 9.93. The highest BCUT2D eigenvalue weighted by Gasteiger charge is 2.41. The van der Waals surface area contributed by atoms with Crippen LogP contribution in [0.3, 0.4) is 0 Å². The van der Waals surface area contributed by atoms with Gasteiger partial charge in [-0.05, 0) is 43.8 Å². The predicted octanol–water partition coefficient (Wildman–Crippen LogP) is 3.39. The number of nitrogens with zero attached hydrogens (tertiary/aromatic N) is 1. The van der Waals surface area contributed by atoms with Crippen molar-refractivity contribution in [1.82, 2.24) is 4.90 Å². The number of imide groups is 1. The van der Waals surface area contributed by atoms with Crippen molar-refractivity contribution >= 4 is 57.9 Å². The highest BCUT2D eigenvalue weighted by Crippen LogP contribution is 2.35. The molecule has 5 nitrogen and oxygen atoms in total. The summed E-state index contributed by atoms with van der Waals surface area (Å²) >= 11 is 7.93. The summed E-state index contributed by atoms with van der Waals surface area (Å²) in [5.41, 5.74) is 0. The second-order valence-electron chi connectivity index (χ2n) is 4.12. The molecule has 1 fully saturated rings. The first kappa shape index (κ1) is 16.1. The molecule has 0 bridgehead atoms. The lowest BCUT2D eigenvalue weighted by molar-refractivity contribution is -0.150. The Bertz CT molecular complexity index is 625. The third kappa shape index (κ3) is 3.48. The van der Waals surface area contributed by atoms with Crippen molar-refractivity contribution in [2.24, 2.45) is 0 Å². The molecule has 0 saturated carbocycles. The molecule has 1 aromatic heterocycles. The van der Waals surface area contributed by atoms with Crippen LogP contribution in [0, 0.1) is 0 Å². The van der Waals surface area contributed by atoms with Gasteiger partial charge in [-0.3, -0.25) is 14.5 Å². The van der Waals surface area contributed by atoms with E-state index in [1.165, 1.54) is 18.3 Å². The molecule has 112 valence electrons. The van der Waals surface area contributed by atoms with E-state index in [1.807, 2.05) is 0 Å². The van der Waals surface area contributed by atoms with Gasteiger partial charge in [0, 0.05) is 4.88 Å². The molecule has 1 saturated heterocycles. The Balaban J connectivity index is 2.20. The molecule has 2 heterocycles. The highest BCUT2D eigenvalue weighted by molar-refractivity contribution is 8.18. The Morgan fingerprint density at radius 2 is 2.19 bits per heavy atom. The van der Waals surface area contributed by atoms with Crippen LogP contribution in [0.25, 0.3) is 6.08 Å². The molecule has 0 N–H and O–H groups in total. The van der Waals surface area contributed by atoms with Gasteiger partial charge in [-0.1, -0.05) is 11.6 Å². The number of hydrogen-bond acceptors (Lipinski definition) is 6. The Morgan fingerprint density at radius 1 is 1.48 bits per heavy atom. The van der Waals surface area contributed by atoms with Crippen LogP contribution in [0.4, 0.5) is 4.79 Å². The van der Waals surface area contributed by atoms with Crippen molar-refractivity contribution in [2.75, 3.05) is 6.61 Å². The van der Waals surface area contributed by atoms with E-state index in [0.717, 1.165) is 21.5 Å². The Morgan fingerprint density at radius 3 is 2.76 bits per heavy atom. The first-order valence-corrected chi connectivity index (χ1v) is 8.14. The SMILES string of the molecule is CCOC(=O)[C@@H](C)N1C(=O)S/C(=C\c2ccc(Cl)s2)C1=O. The van der Waals surface area contributed by atoms with Crippen LogP contribution < -0.4 is 0 Å². The average Bonchev–Trinajstić information content (AvgIpc) is 2.94. The van der Waals surface area contributed by atoms with Gasteiger partial charge in [-0.15, -0.1) is 11.3 Å².